The van der Waals surface area contributed by atoms with Crippen LogP contribution in [0.3, 0.4) is 0 Å². The lowest BCUT2D eigenvalue weighted by Crippen LogP contribution is -2.13. The molecule has 128 valence electrons. The Bertz CT molecular complexity index is 966. The number of aryl methyl sites for hydroxylation is 1. The first kappa shape index (κ1) is 17.0. The van der Waals surface area contributed by atoms with E-state index in [2.05, 4.69) is 4.72 Å². The predicted molar refractivity (Wildman–Crippen MR) is 100 cm³/mol. The highest BCUT2D eigenvalue weighted by Crippen LogP contribution is 2.33. The Hall–Kier alpha value is -2.79. The molecule has 0 unspecified atom stereocenters. The highest BCUT2D eigenvalue weighted by Gasteiger charge is 2.17. The Labute approximate surface area is 148 Å². The zero-order valence-corrected chi connectivity index (χ0v) is 14.9. The summed E-state index contributed by atoms with van der Waals surface area (Å²) in [5, 5.41) is 0. The molecule has 0 aliphatic heterocycles. The van der Waals surface area contributed by atoms with Crippen molar-refractivity contribution in [2.24, 2.45) is 0 Å². The van der Waals surface area contributed by atoms with E-state index in [1.807, 2.05) is 43.3 Å². The summed E-state index contributed by atoms with van der Waals surface area (Å²) in [5.74, 6) is 0.664. The van der Waals surface area contributed by atoms with E-state index in [-0.39, 0.29) is 4.90 Å². The zero-order valence-electron chi connectivity index (χ0n) is 14.1. The molecule has 0 heterocycles. The molecule has 3 aromatic carbocycles. The fourth-order valence-electron chi connectivity index (χ4n) is 2.52. The van der Waals surface area contributed by atoms with Gasteiger partial charge in [-0.3, -0.25) is 4.72 Å². The highest BCUT2D eigenvalue weighted by molar-refractivity contribution is 7.92. The quantitative estimate of drug-likeness (QED) is 0.736. The molecule has 0 atom stereocenters. The second-order valence-corrected chi connectivity index (χ2v) is 7.38. The summed E-state index contributed by atoms with van der Waals surface area (Å²) in [7, 11) is -2.09. The Kier molecular flexibility index (Phi) is 4.76. The van der Waals surface area contributed by atoms with Crippen molar-refractivity contribution in [3.63, 3.8) is 0 Å². The van der Waals surface area contributed by atoms with Crippen LogP contribution in [0.1, 0.15) is 5.56 Å². The van der Waals surface area contributed by atoms with Gasteiger partial charge < -0.3 is 4.74 Å². The largest absolute Gasteiger partial charge is 0.497 e. The van der Waals surface area contributed by atoms with Crippen LogP contribution in [-0.4, -0.2) is 15.5 Å². The first-order valence-corrected chi connectivity index (χ1v) is 9.31. The maximum Gasteiger partial charge on any atom is 0.261 e. The highest BCUT2D eigenvalue weighted by atomic mass is 32.2. The number of methoxy groups -OCH3 is 1. The topological polar surface area (TPSA) is 55.4 Å². The number of hydrogen-bond donors (Lipinski definition) is 1. The van der Waals surface area contributed by atoms with Gasteiger partial charge in [-0.05, 0) is 42.8 Å². The van der Waals surface area contributed by atoms with Crippen LogP contribution in [0, 0.1) is 6.92 Å². The van der Waals surface area contributed by atoms with Crippen LogP contribution in [0.25, 0.3) is 11.1 Å². The summed E-state index contributed by atoms with van der Waals surface area (Å²) < 4.78 is 33.4. The van der Waals surface area contributed by atoms with E-state index in [9.17, 15) is 8.42 Å². The first-order chi connectivity index (χ1) is 12.0. The molecular weight excluding hydrogens is 334 g/mol. The van der Waals surface area contributed by atoms with E-state index in [0.717, 1.165) is 16.7 Å². The van der Waals surface area contributed by atoms with Crippen LogP contribution in [0.5, 0.6) is 5.75 Å². The minimum Gasteiger partial charge on any atom is -0.497 e. The fourth-order valence-corrected chi connectivity index (χ4v) is 3.60. The van der Waals surface area contributed by atoms with Crippen LogP contribution in [0.4, 0.5) is 5.69 Å². The molecule has 3 rings (SSSR count). The predicted octanol–water partition coefficient (Wildman–Crippen LogP) is 4.47. The van der Waals surface area contributed by atoms with Crippen molar-refractivity contribution in [2.75, 3.05) is 11.8 Å². The lowest BCUT2D eigenvalue weighted by atomic mass is 10.0. The average Bonchev–Trinajstić information content (AvgIpc) is 2.63. The standard InChI is InChI=1S/C20H19NO3S/c1-15-8-11-18(12-9-15)25(22,23)21-20-13-10-17(24-2)14-19(20)16-6-4-3-5-7-16/h3-14,21H,1-2H3. The average molecular weight is 353 g/mol. The summed E-state index contributed by atoms with van der Waals surface area (Å²) in [4.78, 5) is 0.230. The van der Waals surface area contributed by atoms with Gasteiger partial charge in [0, 0.05) is 5.56 Å². The molecule has 0 aromatic heterocycles. The molecule has 0 spiro atoms. The second kappa shape index (κ2) is 6.99. The van der Waals surface area contributed by atoms with Crippen molar-refractivity contribution in [2.45, 2.75) is 11.8 Å². The van der Waals surface area contributed by atoms with Gasteiger partial charge >= 0.3 is 0 Å². The Morgan fingerprint density at radius 3 is 2.20 bits per heavy atom. The fraction of sp³-hybridized carbons (Fsp3) is 0.100. The Balaban J connectivity index is 2.04. The second-order valence-electron chi connectivity index (χ2n) is 5.70. The molecule has 0 radical (unpaired) electrons. The lowest BCUT2D eigenvalue weighted by molar-refractivity contribution is 0.415. The molecule has 1 N–H and O–H groups in total. The van der Waals surface area contributed by atoms with E-state index in [1.54, 1.807) is 43.5 Å². The summed E-state index contributed by atoms with van der Waals surface area (Å²) in [6.07, 6.45) is 0. The van der Waals surface area contributed by atoms with Crippen molar-refractivity contribution in [3.05, 3.63) is 78.4 Å². The molecule has 0 aliphatic carbocycles. The maximum absolute atomic E-state index is 12.7. The van der Waals surface area contributed by atoms with Gasteiger partial charge in [-0.2, -0.15) is 0 Å². The van der Waals surface area contributed by atoms with Gasteiger partial charge in [-0.15, -0.1) is 0 Å². The van der Waals surface area contributed by atoms with E-state index in [1.165, 1.54) is 0 Å². The van der Waals surface area contributed by atoms with Crippen molar-refractivity contribution in [1.82, 2.24) is 0 Å². The van der Waals surface area contributed by atoms with E-state index in [0.29, 0.717) is 11.4 Å². The lowest BCUT2D eigenvalue weighted by Gasteiger charge is -2.14. The number of sulfonamides is 1. The zero-order chi connectivity index (χ0) is 17.9. The third-order valence-corrected chi connectivity index (χ3v) is 5.27. The number of rotatable bonds is 5. The van der Waals surface area contributed by atoms with Crippen LogP contribution >= 0.6 is 0 Å². The van der Waals surface area contributed by atoms with Gasteiger partial charge in [0.25, 0.3) is 10.0 Å². The van der Waals surface area contributed by atoms with Crippen LogP contribution in [0.2, 0.25) is 0 Å². The minimum absolute atomic E-state index is 0.230. The number of nitrogens with one attached hydrogen (secondary N) is 1. The van der Waals surface area contributed by atoms with Crippen molar-refractivity contribution in [1.29, 1.82) is 0 Å². The molecule has 0 bridgehead atoms. The molecule has 0 amide bonds. The van der Waals surface area contributed by atoms with E-state index in [4.69, 9.17) is 4.74 Å². The van der Waals surface area contributed by atoms with Gasteiger partial charge in [0.1, 0.15) is 5.75 Å². The summed E-state index contributed by atoms with van der Waals surface area (Å²) >= 11 is 0. The number of benzene rings is 3. The number of ether oxygens (including phenoxy) is 1. The van der Waals surface area contributed by atoms with Crippen LogP contribution in [-0.2, 0) is 10.0 Å². The SMILES string of the molecule is COc1ccc(NS(=O)(=O)c2ccc(C)cc2)c(-c2ccccc2)c1. The van der Waals surface area contributed by atoms with E-state index >= 15 is 0 Å². The molecular formula is C20H19NO3S. The smallest absolute Gasteiger partial charge is 0.261 e. The summed E-state index contributed by atoms with van der Waals surface area (Å²) in [6, 6.07) is 21.6. The Morgan fingerprint density at radius 1 is 0.880 bits per heavy atom. The van der Waals surface area contributed by atoms with Gasteiger partial charge in [-0.25, -0.2) is 8.42 Å². The molecule has 0 fully saturated rings. The van der Waals surface area contributed by atoms with Gasteiger partial charge in [-0.1, -0.05) is 48.0 Å². The molecule has 0 aliphatic rings. The Morgan fingerprint density at radius 2 is 1.56 bits per heavy atom. The van der Waals surface area contributed by atoms with Crippen molar-refractivity contribution in [3.8, 4) is 16.9 Å². The van der Waals surface area contributed by atoms with Crippen LogP contribution < -0.4 is 9.46 Å². The molecule has 4 nitrogen and oxygen atoms in total. The van der Waals surface area contributed by atoms with Gasteiger partial charge in [0.2, 0.25) is 0 Å². The molecule has 0 saturated carbocycles. The van der Waals surface area contributed by atoms with E-state index < -0.39 is 10.0 Å². The normalized spacial score (nSPS) is 11.1. The summed E-state index contributed by atoms with van der Waals surface area (Å²) in [6.45, 7) is 1.92. The third-order valence-electron chi connectivity index (χ3n) is 3.89. The van der Waals surface area contributed by atoms with Gasteiger partial charge in [0.05, 0.1) is 17.7 Å². The molecule has 0 saturated heterocycles. The maximum atomic E-state index is 12.7. The molecule has 3 aromatic rings. The van der Waals surface area contributed by atoms with Crippen LogP contribution in [0.15, 0.2) is 77.7 Å². The van der Waals surface area contributed by atoms with Crippen molar-refractivity contribution < 1.29 is 13.2 Å². The van der Waals surface area contributed by atoms with Gasteiger partial charge in [0.15, 0.2) is 0 Å². The first-order valence-electron chi connectivity index (χ1n) is 7.82. The summed E-state index contributed by atoms with van der Waals surface area (Å²) in [5.41, 5.74) is 3.18. The third kappa shape index (κ3) is 3.83. The molecule has 5 heteroatoms. The number of anilines is 1. The minimum atomic E-state index is -3.67. The molecule has 25 heavy (non-hydrogen) atoms. The number of hydrogen-bond acceptors (Lipinski definition) is 3. The van der Waals surface area contributed by atoms with Crippen molar-refractivity contribution >= 4 is 15.7 Å². The monoisotopic (exact) mass is 353 g/mol.